The van der Waals surface area contributed by atoms with E-state index in [2.05, 4.69) is 38.2 Å². The second kappa shape index (κ2) is 46.0. The van der Waals surface area contributed by atoms with E-state index in [0.717, 1.165) is 32.1 Å². The number of esters is 2. The summed E-state index contributed by atoms with van der Waals surface area (Å²) in [6.07, 6.45) is 50.9. The van der Waals surface area contributed by atoms with Crippen molar-refractivity contribution in [3.8, 4) is 0 Å². The maximum absolute atomic E-state index is 12.6. The van der Waals surface area contributed by atoms with Crippen LogP contribution >= 0.6 is 7.82 Å². The highest BCUT2D eigenvalue weighted by atomic mass is 31.2. The molecule has 0 spiro atoms. The van der Waals surface area contributed by atoms with Crippen LogP contribution < -0.4 is 5.73 Å². The van der Waals surface area contributed by atoms with Crippen molar-refractivity contribution < 1.29 is 37.6 Å². The Morgan fingerprint density at radius 2 is 0.864 bits per heavy atom. The average molecular weight is 856 g/mol. The molecular formula is C49H94NO8P. The number of carbonyl (C=O) groups excluding carboxylic acids is 2. The number of nitrogens with two attached hydrogens (primary N) is 1. The number of hydrogen-bond donors (Lipinski definition) is 2. The van der Waals surface area contributed by atoms with Gasteiger partial charge in [0.1, 0.15) is 6.61 Å². The highest BCUT2D eigenvalue weighted by molar-refractivity contribution is 7.47. The van der Waals surface area contributed by atoms with E-state index in [1.807, 2.05) is 0 Å². The number of rotatable bonds is 47. The Balaban J connectivity index is 4.03. The number of hydrogen-bond acceptors (Lipinski definition) is 8. The van der Waals surface area contributed by atoms with E-state index in [-0.39, 0.29) is 32.6 Å². The van der Waals surface area contributed by atoms with Crippen LogP contribution in [0.2, 0.25) is 0 Å². The van der Waals surface area contributed by atoms with E-state index in [4.69, 9.17) is 24.3 Å². The van der Waals surface area contributed by atoms with Gasteiger partial charge < -0.3 is 20.1 Å². The molecule has 0 heterocycles. The molecule has 9 nitrogen and oxygen atoms in total. The Bertz CT molecular complexity index is 1020. The van der Waals surface area contributed by atoms with E-state index >= 15 is 0 Å². The molecule has 0 aliphatic rings. The van der Waals surface area contributed by atoms with Gasteiger partial charge in [-0.25, -0.2) is 4.57 Å². The third-order valence-corrected chi connectivity index (χ3v) is 11.8. The first-order valence-corrected chi connectivity index (χ1v) is 26.3. The van der Waals surface area contributed by atoms with Gasteiger partial charge >= 0.3 is 19.8 Å². The highest BCUT2D eigenvalue weighted by Gasteiger charge is 2.26. The molecule has 0 radical (unpaired) electrons. The molecule has 348 valence electrons. The SMILES string of the molecule is CCCC/C=C/CCCCCCCCCCCC(=O)O[C@@H](COC(=O)CCC/C=C/CCCCCCCCCCCCCCCCCCCC)COP(=O)(O)OCCN. The zero-order valence-corrected chi connectivity index (χ0v) is 39.4. The third kappa shape index (κ3) is 45.8. The lowest BCUT2D eigenvalue weighted by Crippen LogP contribution is -2.29. The lowest BCUT2D eigenvalue weighted by molar-refractivity contribution is -0.161. The molecule has 3 N–H and O–H groups in total. The fourth-order valence-corrected chi connectivity index (χ4v) is 7.86. The van der Waals surface area contributed by atoms with Gasteiger partial charge in [-0.15, -0.1) is 0 Å². The van der Waals surface area contributed by atoms with E-state index in [9.17, 15) is 19.0 Å². The predicted octanol–water partition coefficient (Wildman–Crippen LogP) is 14.7. The minimum Gasteiger partial charge on any atom is -0.462 e. The molecule has 0 aromatic heterocycles. The van der Waals surface area contributed by atoms with Crippen molar-refractivity contribution in [2.45, 2.75) is 251 Å². The zero-order chi connectivity index (χ0) is 43.2. The van der Waals surface area contributed by atoms with Crippen LogP contribution in [0.3, 0.4) is 0 Å². The van der Waals surface area contributed by atoms with Gasteiger partial charge in [0.25, 0.3) is 0 Å². The number of unbranched alkanes of at least 4 members (excludes halogenated alkanes) is 30. The Morgan fingerprint density at radius 3 is 1.31 bits per heavy atom. The molecule has 2 atom stereocenters. The molecule has 0 aliphatic heterocycles. The van der Waals surface area contributed by atoms with Crippen molar-refractivity contribution in [2.75, 3.05) is 26.4 Å². The third-order valence-electron chi connectivity index (χ3n) is 10.8. The Morgan fingerprint density at radius 1 is 0.492 bits per heavy atom. The topological polar surface area (TPSA) is 134 Å². The van der Waals surface area contributed by atoms with Gasteiger partial charge in [-0.1, -0.05) is 205 Å². The number of phosphoric acid groups is 1. The van der Waals surface area contributed by atoms with Crippen molar-refractivity contribution in [3.05, 3.63) is 24.3 Å². The van der Waals surface area contributed by atoms with E-state index in [1.165, 1.54) is 173 Å². The molecule has 0 saturated carbocycles. The Hall–Kier alpha value is -1.51. The second-order valence-electron chi connectivity index (χ2n) is 16.7. The summed E-state index contributed by atoms with van der Waals surface area (Å²) < 4.78 is 32.8. The number of phosphoric ester groups is 1. The van der Waals surface area contributed by atoms with Crippen molar-refractivity contribution in [2.24, 2.45) is 5.73 Å². The fourth-order valence-electron chi connectivity index (χ4n) is 7.09. The van der Waals surface area contributed by atoms with Crippen LogP contribution in [0, 0.1) is 0 Å². The first-order valence-electron chi connectivity index (χ1n) is 24.8. The van der Waals surface area contributed by atoms with Crippen LogP contribution in [-0.4, -0.2) is 49.3 Å². The summed E-state index contributed by atoms with van der Waals surface area (Å²) in [4.78, 5) is 35.0. The summed E-state index contributed by atoms with van der Waals surface area (Å²) in [5.74, 6) is -0.859. The highest BCUT2D eigenvalue weighted by Crippen LogP contribution is 2.43. The minimum atomic E-state index is -4.38. The molecule has 0 fully saturated rings. The second-order valence-corrected chi connectivity index (χ2v) is 18.1. The summed E-state index contributed by atoms with van der Waals surface area (Å²) in [6, 6.07) is 0. The molecule has 59 heavy (non-hydrogen) atoms. The molecule has 0 amide bonds. The van der Waals surface area contributed by atoms with E-state index < -0.39 is 32.5 Å². The van der Waals surface area contributed by atoms with Gasteiger partial charge in [-0.2, -0.15) is 0 Å². The van der Waals surface area contributed by atoms with Crippen LogP contribution in [0.1, 0.15) is 245 Å². The molecule has 10 heteroatoms. The largest absolute Gasteiger partial charge is 0.472 e. The van der Waals surface area contributed by atoms with E-state index in [0.29, 0.717) is 12.8 Å². The van der Waals surface area contributed by atoms with Gasteiger partial charge in [-0.3, -0.25) is 18.6 Å². The van der Waals surface area contributed by atoms with Crippen LogP contribution in [0.25, 0.3) is 0 Å². The first kappa shape index (κ1) is 57.5. The summed E-state index contributed by atoms with van der Waals surface area (Å²) >= 11 is 0. The molecular weight excluding hydrogens is 762 g/mol. The van der Waals surface area contributed by atoms with Crippen LogP contribution in [-0.2, 0) is 32.7 Å². The summed E-state index contributed by atoms with van der Waals surface area (Å²) in [6.45, 7) is 3.71. The smallest absolute Gasteiger partial charge is 0.462 e. The first-order chi connectivity index (χ1) is 28.8. The normalized spacial score (nSPS) is 13.4. The zero-order valence-electron chi connectivity index (χ0n) is 38.5. The number of allylic oxidation sites excluding steroid dienone is 4. The lowest BCUT2D eigenvalue weighted by atomic mass is 10.0. The number of carbonyl (C=O) groups is 2. The summed E-state index contributed by atoms with van der Waals surface area (Å²) in [7, 11) is -4.38. The monoisotopic (exact) mass is 856 g/mol. The van der Waals surface area contributed by atoms with Crippen LogP contribution in [0.15, 0.2) is 24.3 Å². The molecule has 0 saturated heterocycles. The summed E-state index contributed by atoms with van der Waals surface area (Å²) in [5, 5.41) is 0. The molecule has 0 rings (SSSR count). The molecule has 0 bridgehead atoms. The molecule has 1 unspecified atom stereocenters. The van der Waals surface area contributed by atoms with Gasteiger partial charge in [0.2, 0.25) is 0 Å². The average Bonchev–Trinajstić information content (AvgIpc) is 3.22. The quantitative estimate of drug-likeness (QED) is 0.0265. The minimum absolute atomic E-state index is 0.0514. The summed E-state index contributed by atoms with van der Waals surface area (Å²) in [5.41, 5.74) is 5.36. The van der Waals surface area contributed by atoms with Gasteiger partial charge in [0.05, 0.1) is 13.2 Å². The molecule has 0 aliphatic carbocycles. The Labute approximate surface area is 363 Å². The van der Waals surface area contributed by atoms with Crippen LogP contribution in [0.5, 0.6) is 0 Å². The maximum Gasteiger partial charge on any atom is 0.472 e. The van der Waals surface area contributed by atoms with Crippen molar-refractivity contribution in [1.29, 1.82) is 0 Å². The van der Waals surface area contributed by atoms with Gasteiger partial charge in [-0.05, 0) is 51.4 Å². The van der Waals surface area contributed by atoms with Gasteiger partial charge in [0.15, 0.2) is 6.10 Å². The van der Waals surface area contributed by atoms with Crippen LogP contribution in [0.4, 0.5) is 0 Å². The lowest BCUT2D eigenvalue weighted by Gasteiger charge is -2.19. The van der Waals surface area contributed by atoms with Crippen molar-refractivity contribution >= 4 is 19.8 Å². The number of ether oxygens (including phenoxy) is 2. The molecule has 0 aromatic carbocycles. The van der Waals surface area contributed by atoms with Crippen molar-refractivity contribution in [3.63, 3.8) is 0 Å². The maximum atomic E-state index is 12.6. The van der Waals surface area contributed by atoms with Crippen molar-refractivity contribution in [1.82, 2.24) is 0 Å². The Kier molecular flexibility index (Phi) is 44.8. The molecule has 0 aromatic rings. The fraction of sp³-hybridized carbons (Fsp3) is 0.878. The standard InChI is InChI=1S/C49H94NO8P/c1-3-5-7-9-11-13-15-17-19-20-21-22-23-24-25-26-28-29-31-33-35-37-39-41-48(51)55-45-47(46-57-59(53,54)56-44-43-50)58-49(52)42-40-38-36-34-32-30-27-18-16-14-12-10-8-6-4-2/h10,12,33,35,47H,3-9,11,13-32,34,36-46,50H2,1-2H3,(H,53,54)/b12-10+,35-33+/t47-/m0/s1. The van der Waals surface area contributed by atoms with Gasteiger partial charge in [0, 0.05) is 19.4 Å². The van der Waals surface area contributed by atoms with E-state index in [1.54, 1.807) is 0 Å². The predicted molar refractivity (Wildman–Crippen MR) is 247 cm³/mol.